The van der Waals surface area contributed by atoms with Gasteiger partial charge in [-0.25, -0.2) is 0 Å². The lowest BCUT2D eigenvalue weighted by Gasteiger charge is -2.36. The number of carbonyl (C=O) groups excluding carboxylic acids is 4. The number of carbonyl (C=O) groups is 4. The Bertz CT molecular complexity index is 974. The average Bonchev–Trinajstić information content (AvgIpc) is 2.98. The van der Waals surface area contributed by atoms with Gasteiger partial charge in [0.05, 0.1) is 26.1 Å². The number of benzene rings is 1. The lowest BCUT2D eigenvalue weighted by atomic mass is 10.1. The third-order valence-corrected chi connectivity index (χ3v) is 7.57. The minimum absolute atomic E-state index is 0.0542. The Balaban J connectivity index is 1.61. The first-order valence-electron chi connectivity index (χ1n) is 15.6. The van der Waals surface area contributed by atoms with E-state index in [0.717, 1.165) is 25.7 Å². The van der Waals surface area contributed by atoms with Gasteiger partial charge in [0.15, 0.2) is 5.11 Å². The quantitative estimate of drug-likeness (QED) is 0.122. The average molecular weight is 604 g/mol. The van der Waals surface area contributed by atoms with E-state index in [2.05, 4.69) is 17.6 Å². The molecule has 1 aliphatic rings. The zero-order valence-corrected chi connectivity index (χ0v) is 26.0. The van der Waals surface area contributed by atoms with Crippen LogP contribution in [0.15, 0.2) is 30.3 Å². The topological polar surface area (TPSA) is 114 Å². The van der Waals surface area contributed by atoms with Crippen LogP contribution in [0.4, 0.5) is 0 Å². The summed E-state index contributed by atoms with van der Waals surface area (Å²) in [6.07, 6.45) is 13.1. The van der Waals surface area contributed by atoms with E-state index in [9.17, 15) is 19.2 Å². The van der Waals surface area contributed by atoms with Crippen molar-refractivity contribution in [3.8, 4) is 0 Å². The van der Waals surface area contributed by atoms with Crippen molar-refractivity contribution < 1.29 is 28.7 Å². The summed E-state index contributed by atoms with van der Waals surface area (Å²) in [5.74, 6) is -1.71. The fourth-order valence-corrected chi connectivity index (χ4v) is 5.13. The molecule has 10 heteroatoms. The minimum Gasteiger partial charge on any atom is -0.466 e. The van der Waals surface area contributed by atoms with Crippen LogP contribution in [0.25, 0.3) is 0 Å². The monoisotopic (exact) mass is 603 g/mol. The lowest BCUT2D eigenvalue weighted by molar-refractivity contribution is -0.147. The van der Waals surface area contributed by atoms with Crippen molar-refractivity contribution in [1.82, 2.24) is 15.5 Å². The molecule has 0 saturated carbocycles. The van der Waals surface area contributed by atoms with Gasteiger partial charge in [-0.15, -0.1) is 0 Å². The first kappa shape index (κ1) is 35.2. The van der Waals surface area contributed by atoms with Gasteiger partial charge < -0.3 is 25.0 Å². The first-order valence-corrected chi connectivity index (χ1v) is 16.0. The van der Waals surface area contributed by atoms with E-state index in [0.29, 0.717) is 26.1 Å². The van der Waals surface area contributed by atoms with Gasteiger partial charge in [0.2, 0.25) is 11.8 Å². The summed E-state index contributed by atoms with van der Waals surface area (Å²) >= 11 is 5.38. The van der Waals surface area contributed by atoms with Gasteiger partial charge in [-0.05, 0) is 37.0 Å². The Morgan fingerprint density at radius 2 is 1.50 bits per heavy atom. The molecule has 0 aromatic heterocycles. The molecule has 1 unspecified atom stereocenters. The number of hydrogen-bond donors (Lipinski definition) is 2. The van der Waals surface area contributed by atoms with Gasteiger partial charge in [-0.3, -0.25) is 19.2 Å². The minimum atomic E-state index is -0.860. The number of amides is 2. The molecule has 1 atom stereocenters. The molecule has 2 rings (SSSR count). The molecule has 42 heavy (non-hydrogen) atoms. The molecule has 2 amide bonds. The number of rotatable bonds is 20. The van der Waals surface area contributed by atoms with Gasteiger partial charge in [-0.1, -0.05) is 95.0 Å². The van der Waals surface area contributed by atoms with Crippen LogP contribution < -0.4 is 10.6 Å². The zero-order valence-electron chi connectivity index (χ0n) is 25.2. The van der Waals surface area contributed by atoms with Crippen LogP contribution in [0.1, 0.15) is 102 Å². The zero-order chi connectivity index (χ0) is 30.4. The molecule has 1 fully saturated rings. The summed E-state index contributed by atoms with van der Waals surface area (Å²) in [5, 5.41) is 5.38. The number of nitrogens with zero attached hydrogens (tertiary/aromatic N) is 1. The summed E-state index contributed by atoms with van der Waals surface area (Å²) < 4.78 is 10.6. The molecule has 2 N–H and O–H groups in total. The van der Waals surface area contributed by atoms with Gasteiger partial charge in [0.25, 0.3) is 0 Å². The summed E-state index contributed by atoms with van der Waals surface area (Å²) in [5.41, 5.74) is 1.17. The highest BCUT2D eigenvalue weighted by molar-refractivity contribution is 7.80. The van der Waals surface area contributed by atoms with E-state index in [1.54, 1.807) is 0 Å². The van der Waals surface area contributed by atoms with Gasteiger partial charge >= 0.3 is 11.9 Å². The van der Waals surface area contributed by atoms with Crippen LogP contribution in [0.3, 0.4) is 0 Å². The highest BCUT2D eigenvalue weighted by Crippen LogP contribution is 2.13. The Morgan fingerprint density at radius 1 is 0.881 bits per heavy atom. The molecule has 9 nitrogen and oxygen atoms in total. The predicted molar refractivity (Wildman–Crippen MR) is 167 cm³/mol. The van der Waals surface area contributed by atoms with Crippen LogP contribution in [0.2, 0.25) is 0 Å². The normalized spacial score (nSPS) is 14.6. The van der Waals surface area contributed by atoms with Crippen molar-refractivity contribution in [2.24, 2.45) is 0 Å². The predicted octanol–water partition coefficient (Wildman–Crippen LogP) is 5.00. The number of thiocarbonyl (C=S) groups is 1. The second kappa shape index (κ2) is 21.7. The van der Waals surface area contributed by atoms with Crippen LogP contribution in [-0.4, -0.2) is 66.1 Å². The van der Waals surface area contributed by atoms with E-state index >= 15 is 0 Å². The van der Waals surface area contributed by atoms with Crippen LogP contribution >= 0.6 is 12.2 Å². The maximum Gasteiger partial charge on any atom is 0.308 e. The molecule has 0 bridgehead atoms. The number of ether oxygens (including phenoxy) is 2. The Morgan fingerprint density at radius 3 is 2.19 bits per heavy atom. The van der Waals surface area contributed by atoms with E-state index in [1.165, 1.54) is 55.4 Å². The number of piperazine rings is 1. The van der Waals surface area contributed by atoms with E-state index in [4.69, 9.17) is 21.7 Å². The summed E-state index contributed by atoms with van der Waals surface area (Å²) in [7, 11) is 0. The van der Waals surface area contributed by atoms with E-state index in [-0.39, 0.29) is 36.9 Å². The number of nitrogens with one attached hydrogen (secondary N) is 2. The Labute approximate surface area is 256 Å². The molecule has 1 heterocycles. The molecular weight excluding hydrogens is 554 g/mol. The molecule has 1 aliphatic heterocycles. The fraction of sp³-hybridized carbons (Fsp3) is 0.656. The second-order valence-electron chi connectivity index (χ2n) is 10.8. The number of aryl methyl sites for hydroxylation is 1. The molecule has 234 valence electrons. The van der Waals surface area contributed by atoms with Crippen molar-refractivity contribution in [3.05, 3.63) is 35.9 Å². The third-order valence-electron chi connectivity index (χ3n) is 7.23. The van der Waals surface area contributed by atoms with Crippen LogP contribution in [0.5, 0.6) is 0 Å². The second-order valence-corrected chi connectivity index (χ2v) is 11.2. The fourth-order valence-electron chi connectivity index (χ4n) is 4.80. The van der Waals surface area contributed by atoms with Crippen molar-refractivity contribution in [2.45, 2.75) is 109 Å². The standard InChI is InChI=1S/C32H49N3O6S/c1-2-3-4-5-6-7-8-9-10-14-23-41-30(38)25-27-31(39)33-21-22-35(27)32(42)34-28(36)19-20-29(37)40-24-15-18-26-16-12-11-13-17-26/h11-13,16-17,27H,2-10,14-15,18-25H2,1H3,(H,33,39)(H,34,36,42). The molecule has 0 radical (unpaired) electrons. The molecule has 0 spiro atoms. The molecule has 1 aromatic rings. The Hall–Kier alpha value is -3.01. The van der Waals surface area contributed by atoms with Crippen LogP contribution in [0, 0.1) is 0 Å². The largest absolute Gasteiger partial charge is 0.466 e. The van der Waals surface area contributed by atoms with Crippen molar-refractivity contribution >= 4 is 41.1 Å². The third kappa shape index (κ3) is 15.3. The summed E-state index contributed by atoms with van der Waals surface area (Å²) in [6.45, 7) is 3.53. The van der Waals surface area contributed by atoms with E-state index in [1.807, 2.05) is 30.3 Å². The number of unbranched alkanes of at least 4 members (excludes halogenated alkanes) is 9. The number of hydrogen-bond acceptors (Lipinski definition) is 7. The number of esters is 2. The van der Waals surface area contributed by atoms with Crippen molar-refractivity contribution in [3.63, 3.8) is 0 Å². The maximum atomic E-state index is 12.5. The summed E-state index contributed by atoms with van der Waals surface area (Å²) in [6, 6.07) is 9.07. The van der Waals surface area contributed by atoms with Gasteiger partial charge in [0, 0.05) is 19.5 Å². The van der Waals surface area contributed by atoms with E-state index < -0.39 is 23.9 Å². The lowest BCUT2D eigenvalue weighted by Crippen LogP contribution is -2.60. The highest BCUT2D eigenvalue weighted by atomic mass is 32.1. The molecule has 1 saturated heterocycles. The maximum absolute atomic E-state index is 12.5. The van der Waals surface area contributed by atoms with Crippen LogP contribution in [-0.2, 0) is 35.1 Å². The Kier molecular flexibility index (Phi) is 18.1. The van der Waals surface area contributed by atoms with Gasteiger partial charge in [-0.2, -0.15) is 0 Å². The molecular formula is C32H49N3O6S. The highest BCUT2D eigenvalue weighted by Gasteiger charge is 2.34. The molecule has 0 aliphatic carbocycles. The summed E-state index contributed by atoms with van der Waals surface area (Å²) in [4.78, 5) is 51.0. The smallest absolute Gasteiger partial charge is 0.308 e. The first-order chi connectivity index (χ1) is 20.4. The van der Waals surface area contributed by atoms with Crippen molar-refractivity contribution in [2.75, 3.05) is 26.3 Å². The van der Waals surface area contributed by atoms with Gasteiger partial charge in [0.1, 0.15) is 6.04 Å². The van der Waals surface area contributed by atoms with Crippen molar-refractivity contribution in [1.29, 1.82) is 0 Å². The molecule has 1 aromatic carbocycles. The SMILES string of the molecule is CCCCCCCCCCCCOC(=O)CC1C(=O)NCCN1C(=S)NC(=O)CCC(=O)OCCCc1ccccc1.